The number of benzene rings is 2. The lowest BCUT2D eigenvalue weighted by molar-refractivity contribution is -0.116. The van der Waals surface area contributed by atoms with Crippen molar-refractivity contribution in [2.75, 3.05) is 10.6 Å². The van der Waals surface area contributed by atoms with E-state index in [0.717, 1.165) is 6.42 Å². The van der Waals surface area contributed by atoms with Crippen LogP contribution in [0.3, 0.4) is 0 Å². The summed E-state index contributed by atoms with van der Waals surface area (Å²) < 4.78 is 0. The Bertz CT molecular complexity index is 669. The number of nitrogens with one attached hydrogen (secondary N) is 2. The molecule has 0 unspecified atom stereocenters. The van der Waals surface area contributed by atoms with Crippen molar-refractivity contribution < 1.29 is 9.59 Å². The van der Waals surface area contributed by atoms with E-state index in [9.17, 15) is 9.59 Å². The Kier molecular flexibility index (Phi) is 5.55. The van der Waals surface area contributed by atoms with E-state index in [1.165, 1.54) is 0 Å². The van der Waals surface area contributed by atoms with Crippen LogP contribution in [0.25, 0.3) is 0 Å². The first kappa shape index (κ1) is 16.0. The van der Waals surface area contributed by atoms with Crippen LogP contribution in [0.2, 0.25) is 5.02 Å². The Balaban J connectivity index is 1.99. The molecule has 2 aromatic rings. The topological polar surface area (TPSA) is 58.2 Å². The van der Waals surface area contributed by atoms with Gasteiger partial charge in [0.05, 0.1) is 0 Å². The molecular weight excluding hydrogens is 300 g/mol. The first-order valence-electron chi connectivity index (χ1n) is 7.05. The second-order valence-electron chi connectivity index (χ2n) is 4.84. The van der Waals surface area contributed by atoms with Crippen molar-refractivity contribution in [1.29, 1.82) is 0 Å². The molecule has 2 N–H and O–H groups in total. The van der Waals surface area contributed by atoms with Gasteiger partial charge >= 0.3 is 0 Å². The molecule has 0 fully saturated rings. The molecule has 0 saturated carbocycles. The van der Waals surface area contributed by atoms with E-state index >= 15 is 0 Å². The molecule has 2 rings (SSSR count). The van der Waals surface area contributed by atoms with E-state index < -0.39 is 0 Å². The Morgan fingerprint density at radius 2 is 1.64 bits per heavy atom. The van der Waals surface area contributed by atoms with Crippen LogP contribution in [0.15, 0.2) is 48.5 Å². The number of hydrogen-bond acceptors (Lipinski definition) is 2. The number of halogens is 1. The molecule has 0 spiro atoms. The minimum absolute atomic E-state index is 0.0155. The molecule has 0 atom stereocenters. The largest absolute Gasteiger partial charge is 0.326 e. The molecule has 0 aliphatic rings. The summed E-state index contributed by atoms with van der Waals surface area (Å²) in [7, 11) is 0. The number of anilines is 2. The van der Waals surface area contributed by atoms with Crippen molar-refractivity contribution >= 4 is 34.8 Å². The fourth-order valence-corrected chi connectivity index (χ4v) is 2.11. The molecule has 4 nitrogen and oxygen atoms in total. The van der Waals surface area contributed by atoms with Gasteiger partial charge in [0.1, 0.15) is 0 Å². The van der Waals surface area contributed by atoms with Gasteiger partial charge in [-0.05, 0) is 48.9 Å². The van der Waals surface area contributed by atoms with Gasteiger partial charge in [0.15, 0.2) is 0 Å². The van der Waals surface area contributed by atoms with Crippen molar-refractivity contribution in [3.05, 3.63) is 59.1 Å². The van der Waals surface area contributed by atoms with Crippen LogP contribution in [0, 0.1) is 0 Å². The quantitative estimate of drug-likeness (QED) is 0.862. The van der Waals surface area contributed by atoms with Crippen LogP contribution >= 0.6 is 11.6 Å². The lowest BCUT2D eigenvalue weighted by Crippen LogP contribution is -2.12. The lowest BCUT2D eigenvalue weighted by Gasteiger charge is -2.08. The van der Waals surface area contributed by atoms with Gasteiger partial charge in [-0.15, -0.1) is 0 Å². The third-order valence-electron chi connectivity index (χ3n) is 2.99. The highest BCUT2D eigenvalue weighted by atomic mass is 35.5. The number of carbonyl (C=O) groups excluding carboxylic acids is 2. The van der Waals surface area contributed by atoms with Gasteiger partial charge < -0.3 is 10.6 Å². The Morgan fingerprint density at radius 1 is 1.00 bits per heavy atom. The average Bonchev–Trinajstić information content (AvgIpc) is 2.49. The molecule has 5 heteroatoms. The Morgan fingerprint density at radius 3 is 2.23 bits per heavy atom. The number of amides is 2. The Hall–Kier alpha value is -2.33. The highest BCUT2D eigenvalue weighted by Crippen LogP contribution is 2.16. The van der Waals surface area contributed by atoms with E-state index in [4.69, 9.17) is 11.6 Å². The van der Waals surface area contributed by atoms with Crippen molar-refractivity contribution in [1.82, 2.24) is 0 Å². The first-order valence-corrected chi connectivity index (χ1v) is 7.43. The molecular formula is C17H17ClN2O2. The maximum absolute atomic E-state index is 12.1. The molecule has 0 aromatic heterocycles. The second kappa shape index (κ2) is 7.61. The predicted octanol–water partition coefficient (Wildman–Crippen LogP) is 4.33. The molecule has 2 amide bonds. The van der Waals surface area contributed by atoms with Gasteiger partial charge in [-0.25, -0.2) is 0 Å². The molecule has 0 bridgehead atoms. The highest BCUT2D eigenvalue weighted by molar-refractivity contribution is 6.31. The molecule has 0 heterocycles. The van der Waals surface area contributed by atoms with Crippen molar-refractivity contribution in [3.63, 3.8) is 0 Å². The summed E-state index contributed by atoms with van der Waals surface area (Å²) in [5.74, 6) is -0.247. The van der Waals surface area contributed by atoms with Crippen molar-refractivity contribution in [2.24, 2.45) is 0 Å². The van der Waals surface area contributed by atoms with Gasteiger partial charge in [0.2, 0.25) is 5.91 Å². The van der Waals surface area contributed by atoms with Crippen molar-refractivity contribution in [3.8, 4) is 0 Å². The van der Waals surface area contributed by atoms with Gasteiger partial charge in [0, 0.05) is 28.4 Å². The molecule has 114 valence electrons. The van der Waals surface area contributed by atoms with E-state index in [0.29, 0.717) is 28.4 Å². The van der Waals surface area contributed by atoms with Gasteiger partial charge in [-0.2, -0.15) is 0 Å². The second-order valence-corrected chi connectivity index (χ2v) is 5.28. The van der Waals surface area contributed by atoms with E-state index in [1.807, 2.05) is 6.92 Å². The average molecular weight is 317 g/mol. The number of rotatable bonds is 5. The SMILES string of the molecule is CCCC(=O)Nc1ccc(NC(=O)c2cccc(Cl)c2)cc1. The van der Waals surface area contributed by atoms with Gasteiger partial charge in [-0.1, -0.05) is 24.6 Å². The zero-order valence-electron chi connectivity index (χ0n) is 12.2. The molecule has 0 radical (unpaired) electrons. The highest BCUT2D eigenvalue weighted by Gasteiger charge is 2.07. The summed E-state index contributed by atoms with van der Waals surface area (Å²) in [6.45, 7) is 1.95. The molecule has 22 heavy (non-hydrogen) atoms. The summed E-state index contributed by atoms with van der Waals surface area (Å²) in [5.41, 5.74) is 1.85. The smallest absolute Gasteiger partial charge is 0.255 e. The third-order valence-corrected chi connectivity index (χ3v) is 3.23. The van der Waals surface area contributed by atoms with E-state index in [1.54, 1.807) is 48.5 Å². The number of hydrogen-bond donors (Lipinski definition) is 2. The van der Waals surface area contributed by atoms with Crippen LogP contribution in [0.5, 0.6) is 0 Å². The van der Waals surface area contributed by atoms with Gasteiger partial charge in [0.25, 0.3) is 5.91 Å². The minimum atomic E-state index is -0.231. The van der Waals surface area contributed by atoms with Gasteiger partial charge in [-0.3, -0.25) is 9.59 Å². The normalized spacial score (nSPS) is 10.1. The van der Waals surface area contributed by atoms with Crippen LogP contribution in [-0.4, -0.2) is 11.8 Å². The molecule has 2 aromatic carbocycles. The fraction of sp³-hybridized carbons (Fsp3) is 0.176. The van der Waals surface area contributed by atoms with E-state index in [2.05, 4.69) is 10.6 Å². The molecule has 0 saturated heterocycles. The summed E-state index contributed by atoms with van der Waals surface area (Å²) in [5, 5.41) is 6.09. The lowest BCUT2D eigenvalue weighted by atomic mass is 10.2. The minimum Gasteiger partial charge on any atom is -0.326 e. The summed E-state index contributed by atoms with van der Waals surface area (Å²) in [6, 6.07) is 13.7. The van der Waals surface area contributed by atoms with Crippen LogP contribution in [0.4, 0.5) is 11.4 Å². The summed E-state index contributed by atoms with van der Waals surface area (Å²) in [4.78, 5) is 23.6. The van der Waals surface area contributed by atoms with Crippen LogP contribution in [0.1, 0.15) is 30.1 Å². The zero-order valence-corrected chi connectivity index (χ0v) is 13.0. The van der Waals surface area contributed by atoms with Crippen LogP contribution in [-0.2, 0) is 4.79 Å². The Labute approximate surface area is 134 Å². The van der Waals surface area contributed by atoms with Crippen molar-refractivity contribution in [2.45, 2.75) is 19.8 Å². The molecule has 0 aliphatic carbocycles. The first-order chi connectivity index (χ1) is 10.6. The maximum Gasteiger partial charge on any atom is 0.255 e. The standard InChI is InChI=1S/C17H17ClN2O2/c1-2-4-16(21)19-14-7-9-15(10-8-14)20-17(22)12-5-3-6-13(18)11-12/h3,5-11H,2,4H2,1H3,(H,19,21)(H,20,22). The summed E-state index contributed by atoms with van der Waals surface area (Å²) in [6.07, 6.45) is 1.30. The fourth-order valence-electron chi connectivity index (χ4n) is 1.92. The van der Waals surface area contributed by atoms with E-state index in [-0.39, 0.29) is 11.8 Å². The monoisotopic (exact) mass is 316 g/mol. The third kappa shape index (κ3) is 4.60. The molecule has 0 aliphatic heterocycles. The maximum atomic E-state index is 12.1. The predicted molar refractivity (Wildman–Crippen MR) is 89.4 cm³/mol. The van der Waals surface area contributed by atoms with Crippen LogP contribution < -0.4 is 10.6 Å². The zero-order chi connectivity index (χ0) is 15.9. The number of carbonyl (C=O) groups is 2. The summed E-state index contributed by atoms with van der Waals surface area (Å²) >= 11 is 5.87.